The topological polar surface area (TPSA) is 39.9 Å². The van der Waals surface area contributed by atoms with E-state index in [9.17, 15) is 0 Å². The van der Waals surface area contributed by atoms with E-state index in [1.807, 2.05) is 36.4 Å². The predicted octanol–water partition coefficient (Wildman–Crippen LogP) is 17.5. The molecule has 0 aliphatic heterocycles. The fourth-order valence-electron chi connectivity index (χ4n) is 11.1. The third-order valence-electron chi connectivity index (χ3n) is 14.5. The van der Waals surface area contributed by atoms with Crippen LogP contribution in [0.4, 0.5) is 0 Å². The van der Waals surface area contributed by atoms with Gasteiger partial charge in [0.25, 0.3) is 0 Å². The maximum atomic E-state index is 5.47. The Hall–Kier alpha value is -6.52. The van der Waals surface area contributed by atoms with Crippen molar-refractivity contribution >= 4 is 32.8 Å². The zero-order valence-corrected chi connectivity index (χ0v) is 39.2. The highest BCUT2D eigenvalue weighted by Crippen LogP contribution is 2.55. The van der Waals surface area contributed by atoms with Gasteiger partial charge in [0, 0.05) is 33.0 Å². The Morgan fingerprint density at radius 3 is 1.62 bits per heavy atom. The summed E-state index contributed by atoms with van der Waals surface area (Å²) in [6, 6.07) is 57.9. The monoisotopic (exact) mass is 865 g/mol. The van der Waals surface area contributed by atoms with Crippen LogP contribution in [0.2, 0.25) is 0 Å². The number of unbranched alkanes of at least 4 members (excludes halogenated alkanes) is 10. The van der Waals surface area contributed by atoms with E-state index in [-0.39, 0.29) is 5.41 Å². The zero-order chi connectivity index (χ0) is 44.9. The van der Waals surface area contributed by atoms with Gasteiger partial charge in [-0.2, -0.15) is 0 Å². The summed E-state index contributed by atoms with van der Waals surface area (Å²) in [5, 5.41) is 2.53. The number of hydrogen-bond donors (Lipinski definition) is 0. The molecular weight excluding hydrogens is 803 g/mol. The Labute approximate surface area is 391 Å². The maximum absolute atomic E-state index is 5.47. The number of methoxy groups -OCH3 is 1. The maximum Gasteiger partial charge on any atom is 0.118 e. The molecule has 1 aliphatic carbocycles. The van der Waals surface area contributed by atoms with Crippen LogP contribution >= 0.6 is 0 Å². The molecule has 0 saturated heterocycles. The molecule has 4 heteroatoms. The molecule has 66 heavy (non-hydrogen) atoms. The van der Waals surface area contributed by atoms with Crippen molar-refractivity contribution in [2.45, 2.75) is 109 Å². The molecule has 9 aromatic rings. The van der Waals surface area contributed by atoms with Crippen LogP contribution in [0.25, 0.3) is 83.3 Å². The van der Waals surface area contributed by atoms with Crippen molar-refractivity contribution in [3.63, 3.8) is 0 Å². The molecule has 0 atom stereocenters. The first-order chi connectivity index (χ1) is 32.6. The van der Waals surface area contributed by atoms with E-state index in [4.69, 9.17) is 14.7 Å². The van der Waals surface area contributed by atoms with Crippen LogP contribution in [0.1, 0.15) is 115 Å². The molecule has 7 aromatic carbocycles. The van der Waals surface area contributed by atoms with Gasteiger partial charge in [0.2, 0.25) is 0 Å². The van der Waals surface area contributed by atoms with Gasteiger partial charge in [-0.15, -0.1) is 0 Å². The van der Waals surface area contributed by atoms with E-state index in [1.165, 1.54) is 134 Å². The van der Waals surface area contributed by atoms with Gasteiger partial charge in [-0.1, -0.05) is 176 Å². The first kappa shape index (κ1) is 43.4. The van der Waals surface area contributed by atoms with E-state index in [2.05, 4.69) is 140 Å². The van der Waals surface area contributed by atoms with Crippen LogP contribution in [-0.2, 0) is 5.41 Å². The zero-order valence-electron chi connectivity index (χ0n) is 39.2. The van der Waals surface area contributed by atoms with Gasteiger partial charge in [0.1, 0.15) is 5.75 Å². The van der Waals surface area contributed by atoms with Crippen molar-refractivity contribution in [3.05, 3.63) is 169 Å². The lowest BCUT2D eigenvalue weighted by Crippen LogP contribution is -2.25. The molecule has 0 spiro atoms. The standard InChI is InChI=1S/C62H63N3O/c1-4-6-8-10-12-20-40-62(41-21-13-11-9-7-5-2)54-24-16-14-22-50(54)51-38-32-47(43-55(51)62)46-33-39-59-53(42-46)52-23-15-19-27-58(52)65(59)48-34-28-44(29-35-48)60-61(45-30-36-49(66-3)37-31-45)64-57-26-18-17-25-56(57)63-60/h14-19,22-39,42-43H,4-13,20-21,40-41H2,1-3H3. The Morgan fingerprint density at radius 2 is 0.955 bits per heavy atom. The molecule has 0 amide bonds. The highest BCUT2D eigenvalue weighted by Gasteiger charge is 2.42. The van der Waals surface area contributed by atoms with E-state index in [1.54, 1.807) is 18.2 Å². The number of aromatic nitrogens is 3. The molecule has 0 fully saturated rings. The Bertz CT molecular complexity index is 3090. The molecule has 0 N–H and O–H groups in total. The molecule has 4 nitrogen and oxygen atoms in total. The largest absolute Gasteiger partial charge is 0.497 e. The summed E-state index contributed by atoms with van der Waals surface area (Å²) in [4.78, 5) is 10.3. The van der Waals surface area contributed by atoms with Gasteiger partial charge in [0.05, 0.1) is 40.6 Å². The van der Waals surface area contributed by atoms with Crippen molar-refractivity contribution in [1.29, 1.82) is 0 Å². The lowest BCUT2D eigenvalue weighted by Gasteiger charge is -2.33. The van der Waals surface area contributed by atoms with E-state index in [0.29, 0.717) is 0 Å². The van der Waals surface area contributed by atoms with E-state index < -0.39 is 0 Å². The molecule has 332 valence electrons. The summed E-state index contributed by atoms with van der Waals surface area (Å²) in [5.41, 5.74) is 17.6. The number of hydrogen-bond acceptors (Lipinski definition) is 3. The van der Waals surface area contributed by atoms with Crippen molar-refractivity contribution in [3.8, 4) is 56.2 Å². The summed E-state index contributed by atoms with van der Waals surface area (Å²) in [5.74, 6) is 0.814. The Balaban J connectivity index is 1.01. The van der Waals surface area contributed by atoms with Gasteiger partial charge >= 0.3 is 0 Å². The van der Waals surface area contributed by atoms with Crippen LogP contribution in [0.5, 0.6) is 5.75 Å². The van der Waals surface area contributed by atoms with E-state index in [0.717, 1.165) is 45.0 Å². The minimum Gasteiger partial charge on any atom is -0.497 e. The smallest absolute Gasteiger partial charge is 0.118 e. The second kappa shape index (κ2) is 19.5. The Morgan fingerprint density at radius 1 is 0.439 bits per heavy atom. The molecule has 10 rings (SSSR count). The fraction of sp³-hybridized carbons (Fsp3) is 0.290. The lowest BCUT2D eigenvalue weighted by atomic mass is 9.70. The average Bonchev–Trinajstić information content (AvgIpc) is 3.85. The molecule has 0 radical (unpaired) electrons. The lowest BCUT2D eigenvalue weighted by molar-refractivity contribution is 0.398. The molecule has 1 aliphatic rings. The SMILES string of the molecule is CCCCCCCCC1(CCCCCCCC)c2ccccc2-c2ccc(-c3ccc4c(c3)c3ccccc3n4-c3ccc(-c4nc5ccccc5nc4-c4ccc(OC)cc4)cc3)cc21. The number of ether oxygens (including phenoxy) is 1. The van der Waals surface area contributed by atoms with Crippen molar-refractivity contribution in [2.24, 2.45) is 0 Å². The number of nitrogens with zero attached hydrogens (tertiary/aromatic N) is 3. The van der Waals surface area contributed by atoms with E-state index >= 15 is 0 Å². The number of benzene rings is 7. The predicted molar refractivity (Wildman–Crippen MR) is 279 cm³/mol. The van der Waals surface area contributed by atoms with Gasteiger partial charge in [-0.05, 0) is 119 Å². The third-order valence-corrected chi connectivity index (χ3v) is 14.5. The van der Waals surface area contributed by atoms with Crippen LogP contribution < -0.4 is 4.74 Å². The minimum atomic E-state index is 0.0532. The summed E-state index contributed by atoms with van der Waals surface area (Å²) in [7, 11) is 1.69. The summed E-state index contributed by atoms with van der Waals surface area (Å²) >= 11 is 0. The van der Waals surface area contributed by atoms with Gasteiger partial charge in [0.15, 0.2) is 0 Å². The second-order valence-electron chi connectivity index (χ2n) is 18.7. The van der Waals surface area contributed by atoms with Crippen LogP contribution in [0, 0.1) is 0 Å². The normalized spacial score (nSPS) is 12.8. The van der Waals surface area contributed by atoms with Gasteiger partial charge in [-0.3, -0.25) is 0 Å². The molecule has 0 bridgehead atoms. The molecule has 0 unspecified atom stereocenters. The molecular formula is C62H63N3O. The average molecular weight is 866 g/mol. The first-order valence-electron chi connectivity index (χ1n) is 24.9. The second-order valence-corrected chi connectivity index (χ2v) is 18.7. The van der Waals surface area contributed by atoms with Crippen molar-refractivity contribution < 1.29 is 4.74 Å². The Kier molecular flexibility index (Phi) is 12.8. The van der Waals surface area contributed by atoms with Gasteiger partial charge in [-0.25, -0.2) is 9.97 Å². The molecule has 0 saturated carbocycles. The number of rotatable bonds is 19. The van der Waals surface area contributed by atoms with Gasteiger partial charge < -0.3 is 9.30 Å². The summed E-state index contributed by atoms with van der Waals surface area (Å²) in [6.07, 6.45) is 18.3. The summed E-state index contributed by atoms with van der Waals surface area (Å²) < 4.78 is 7.89. The summed E-state index contributed by atoms with van der Waals surface area (Å²) in [6.45, 7) is 4.63. The van der Waals surface area contributed by atoms with Crippen molar-refractivity contribution in [1.82, 2.24) is 14.5 Å². The van der Waals surface area contributed by atoms with Crippen LogP contribution in [-0.4, -0.2) is 21.6 Å². The van der Waals surface area contributed by atoms with Crippen molar-refractivity contribution in [2.75, 3.05) is 7.11 Å². The van der Waals surface area contributed by atoms with Crippen LogP contribution in [0.15, 0.2) is 158 Å². The highest BCUT2D eigenvalue weighted by atomic mass is 16.5. The molecule has 2 aromatic heterocycles. The number of para-hydroxylation sites is 3. The first-order valence-corrected chi connectivity index (χ1v) is 24.9. The minimum absolute atomic E-state index is 0.0532. The van der Waals surface area contributed by atoms with Crippen LogP contribution in [0.3, 0.4) is 0 Å². The molecule has 2 heterocycles. The number of fused-ring (bicyclic) bond motifs is 7. The fourth-order valence-corrected chi connectivity index (χ4v) is 11.1. The highest BCUT2D eigenvalue weighted by molar-refractivity contribution is 6.10. The third kappa shape index (κ3) is 8.32. The quantitative estimate of drug-likeness (QED) is 0.0760.